The van der Waals surface area contributed by atoms with Crippen LogP contribution in [0, 0.1) is 13.8 Å². The highest BCUT2D eigenvalue weighted by Gasteiger charge is 2.39. The van der Waals surface area contributed by atoms with E-state index in [0.29, 0.717) is 33.7 Å². The summed E-state index contributed by atoms with van der Waals surface area (Å²) in [6.07, 6.45) is -4.78. The number of aromatic nitrogens is 4. The zero-order chi connectivity index (χ0) is 22.4. The molecule has 6 nitrogen and oxygen atoms in total. The Hall–Kier alpha value is -2.23. The molecule has 0 aliphatic rings. The third kappa shape index (κ3) is 4.28. The van der Waals surface area contributed by atoms with Gasteiger partial charge in [-0.25, -0.2) is 0 Å². The van der Waals surface area contributed by atoms with Crippen molar-refractivity contribution in [1.82, 2.24) is 19.6 Å². The molecule has 0 saturated carbocycles. The standard InChI is InChI=1S/C18H15Cl3F3N5O/c1-8-14(9(2)29(26-8)7-10-4-5-11(19)6-12(10)20)25-17(30)15-13(21)16(18(22,23)24)27-28(15)3/h4-6H,7H2,1-3H3,(H,25,30). The number of hydrogen-bond donors (Lipinski definition) is 1. The quantitative estimate of drug-likeness (QED) is 0.535. The molecule has 3 rings (SSSR count). The number of rotatable bonds is 4. The molecule has 0 aliphatic heterocycles. The molecule has 1 N–H and O–H groups in total. The molecule has 2 aromatic heterocycles. The average molecular weight is 481 g/mol. The average Bonchev–Trinajstić information content (AvgIpc) is 3.07. The first-order valence-electron chi connectivity index (χ1n) is 8.49. The van der Waals surface area contributed by atoms with Crippen LogP contribution in [-0.2, 0) is 19.8 Å². The third-order valence-electron chi connectivity index (χ3n) is 4.43. The van der Waals surface area contributed by atoms with Crippen molar-refractivity contribution >= 4 is 46.4 Å². The molecule has 0 saturated heterocycles. The number of carbonyl (C=O) groups excluding carboxylic acids is 1. The van der Waals surface area contributed by atoms with E-state index < -0.39 is 28.5 Å². The van der Waals surface area contributed by atoms with Gasteiger partial charge in [-0.15, -0.1) is 0 Å². The normalized spacial score (nSPS) is 11.8. The number of carbonyl (C=O) groups is 1. The number of benzene rings is 1. The van der Waals surface area contributed by atoms with E-state index in [4.69, 9.17) is 34.8 Å². The summed E-state index contributed by atoms with van der Waals surface area (Å²) in [7, 11) is 1.21. The summed E-state index contributed by atoms with van der Waals surface area (Å²) >= 11 is 17.9. The van der Waals surface area contributed by atoms with Crippen molar-refractivity contribution in [3.63, 3.8) is 0 Å². The first-order valence-corrected chi connectivity index (χ1v) is 9.62. The van der Waals surface area contributed by atoms with Gasteiger partial charge >= 0.3 is 6.18 Å². The van der Waals surface area contributed by atoms with E-state index in [1.54, 1.807) is 36.7 Å². The van der Waals surface area contributed by atoms with Crippen LogP contribution in [0.5, 0.6) is 0 Å². The Morgan fingerprint density at radius 1 is 1.17 bits per heavy atom. The van der Waals surface area contributed by atoms with E-state index in [0.717, 1.165) is 10.2 Å². The van der Waals surface area contributed by atoms with Gasteiger partial charge in [-0.3, -0.25) is 14.2 Å². The topological polar surface area (TPSA) is 64.7 Å². The van der Waals surface area contributed by atoms with Gasteiger partial charge in [-0.05, 0) is 31.5 Å². The molecular formula is C18H15Cl3F3N5O. The maximum Gasteiger partial charge on any atom is 0.436 e. The van der Waals surface area contributed by atoms with Crippen LogP contribution in [0.1, 0.15) is 33.1 Å². The van der Waals surface area contributed by atoms with Crippen LogP contribution in [-0.4, -0.2) is 25.5 Å². The Kier molecular flexibility index (Phi) is 6.08. The monoisotopic (exact) mass is 479 g/mol. The number of halogens is 6. The molecule has 0 fully saturated rings. The Balaban J connectivity index is 1.90. The zero-order valence-electron chi connectivity index (χ0n) is 15.9. The van der Waals surface area contributed by atoms with Crippen LogP contribution in [0.3, 0.4) is 0 Å². The van der Waals surface area contributed by atoms with Crippen molar-refractivity contribution in [3.05, 3.63) is 61.6 Å². The fourth-order valence-corrected chi connectivity index (χ4v) is 3.76. The van der Waals surface area contributed by atoms with Crippen LogP contribution < -0.4 is 5.32 Å². The van der Waals surface area contributed by atoms with Crippen LogP contribution in [0.15, 0.2) is 18.2 Å². The second-order valence-electron chi connectivity index (χ2n) is 6.53. The molecule has 1 aromatic carbocycles. The predicted molar refractivity (Wildman–Crippen MR) is 108 cm³/mol. The molecule has 30 heavy (non-hydrogen) atoms. The number of alkyl halides is 3. The van der Waals surface area contributed by atoms with Gasteiger partial charge in [-0.2, -0.15) is 23.4 Å². The number of nitrogens with one attached hydrogen (secondary N) is 1. The van der Waals surface area contributed by atoms with Crippen molar-refractivity contribution in [1.29, 1.82) is 0 Å². The van der Waals surface area contributed by atoms with Crippen molar-refractivity contribution in [2.24, 2.45) is 7.05 Å². The summed E-state index contributed by atoms with van der Waals surface area (Å²) in [6.45, 7) is 3.68. The maximum absolute atomic E-state index is 13.0. The molecule has 1 amide bonds. The number of amides is 1. The van der Waals surface area contributed by atoms with Gasteiger partial charge in [0.2, 0.25) is 0 Å². The fraction of sp³-hybridized carbons (Fsp3) is 0.278. The Labute approximate surface area is 184 Å². The third-order valence-corrected chi connectivity index (χ3v) is 5.37. The smallest absolute Gasteiger partial charge is 0.317 e. The van der Waals surface area contributed by atoms with E-state index in [9.17, 15) is 18.0 Å². The molecule has 3 aromatic rings. The summed E-state index contributed by atoms with van der Waals surface area (Å²) in [5.41, 5.74) is 0.445. The number of hydrogen-bond acceptors (Lipinski definition) is 3. The summed E-state index contributed by atoms with van der Waals surface area (Å²) in [4.78, 5) is 12.7. The van der Waals surface area contributed by atoms with Gasteiger partial charge in [0, 0.05) is 17.1 Å². The first kappa shape index (κ1) is 22.5. The molecule has 2 heterocycles. The first-order chi connectivity index (χ1) is 13.9. The second kappa shape index (κ2) is 8.13. The highest BCUT2D eigenvalue weighted by atomic mass is 35.5. The lowest BCUT2D eigenvalue weighted by atomic mass is 10.2. The van der Waals surface area contributed by atoms with Gasteiger partial charge in [-0.1, -0.05) is 40.9 Å². The molecule has 12 heteroatoms. The number of nitrogens with zero attached hydrogens (tertiary/aromatic N) is 4. The van der Waals surface area contributed by atoms with Gasteiger partial charge in [0.1, 0.15) is 10.7 Å². The summed E-state index contributed by atoms with van der Waals surface area (Å²) < 4.78 is 41.4. The summed E-state index contributed by atoms with van der Waals surface area (Å²) in [5.74, 6) is -0.833. The van der Waals surface area contributed by atoms with Gasteiger partial charge in [0.05, 0.1) is 23.6 Å². The van der Waals surface area contributed by atoms with Crippen LogP contribution >= 0.6 is 34.8 Å². The fourth-order valence-electron chi connectivity index (χ4n) is 2.94. The van der Waals surface area contributed by atoms with E-state index >= 15 is 0 Å². The lowest BCUT2D eigenvalue weighted by Crippen LogP contribution is -2.17. The molecule has 0 radical (unpaired) electrons. The van der Waals surface area contributed by atoms with Crippen LogP contribution in [0.25, 0.3) is 0 Å². The van der Waals surface area contributed by atoms with E-state index in [1.165, 1.54) is 7.05 Å². The molecule has 0 spiro atoms. The lowest BCUT2D eigenvalue weighted by molar-refractivity contribution is -0.141. The highest BCUT2D eigenvalue weighted by molar-refractivity contribution is 6.35. The predicted octanol–water partition coefficient (Wildman–Crippen LogP) is 5.51. The maximum atomic E-state index is 13.0. The minimum absolute atomic E-state index is 0.309. The Bertz CT molecular complexity index is 1140. The summed E-state index contributed by atoms with van der Waals surface area (Å²) in [5, 5.41) is 10.5. The SMILES string of the molecule is Cc1nn(Cc2ccc(Cl)cc2Cl)c(C)c1NC(=O)c1c(Cl)c(C(F)(F)F)nn1C. The van der Waals surface area contributed by atoms with Crippen molar-refractivity contribution < 1.29 is 18.0 Å². The van der Waals surface area contributed by atoms with E-state index in [1.807, 2.05) is 0 Å². The van der Waals surface area contributed by atoms with Gasteiger partial charge in [0.15, 0.2) is 5.69 Å². The minimum Gasteiger partial charge on any atom is -0.317 e. The van der Waals surface area contributed by atoms with E-state index in [-0.39, 0.29) is 0 Å². The van der Waals surface area contributed by atoms with Gasteiger partial charge in [0.25, 0.3) is 5.91 Å². The van der Waals surface area contributed by atoms with Crippen LogP contribution in [0.4, 0.5) is 18.9 Å². The number of anilines is 1. The zero-order valence-corrected chi connectivity index (χ0v) is 18.2. The molecular weight excluding hydrogens is 466 g/mol. The summed E-state index contributed by atoms with van der Waals surface area (Å²) in [6, 6.07) is 5.06. The molecule has 0 atom stereocenters. The van der Waals surface area contributed by atoms with Gasteiger partial charge < -0.3 is 5.32 Å². The molecule has 0 bridgehead atoms. The molecule has 0 aliphatic carbocycles. The van der Waals surface area contributed by atoms with Crippen molar-refractivity contribution in [3.8, 4) is 0 Å². The van der Waals surface area contributed by atoms with Crippen molar-refractivity contribution in [2.75, 3.05) is 5.32 Å². The number of aryl methyl sites for hydroxylation is 2. The molecule has 160 valence electrons. The molecule has 0 unspecified atom stereocenters. The minimum atomic E-state index is -4.78. The van der Waals surface area contributed by atoms with Crippen molar-refractivity contribution in [2.45, 2.75) is 26.6 Å². The Morgan fingerprint density at radius 2 is 1.83 bits per heavy atom. The highest BCUT2D eigenvalue weighted by Crippen LogP contribution is 2.35. The lowest BCUT2D eigenvalue weighted by Gasteiger charge is -2.09. The Morgan fingerprint density at radius 3 is 2.40 bits per heavy atom. The second-order valence-corrected chi connectivity index (χ2v) is 7.75. The largest absolute Gasteiger partial charge is 0.436 e. The van der Waals surface area contributed by atoms with Crippen LogP contribution in [0.2, 0.25) is 15.1 Å². The van der Waals surface area contributed by atoms with E-state index in [2.05, 4.69) is 15.5 Å².